The van der Waals surface area contributed by atoms with Crippen LogP contribution >= 0.6 is 0 Å². The van der Waals surface area contributed by atoms with E-state index in [0.717, 1.165) is 5.56 Å². The van der Waals surface area contributed by atoms with E-state index in [1.165, 1.54) is 0 Å². The highest BCUT2D eigenvalue weighted by molar-refractivity contribution is 7.91. The van der Waals surface area contributed by atoms with Crippen molar-refractivity contribution in [2.45, 2.75) is 44.2 Å². The molecule has 0 aliphatic heterocycles. The van der Waals surface area contributed by atoms with Crippen LogP contribution < -0.4 is 5.32 Å². The molecule has 0 aliphatic rings. The van der Waals surface area contributed by atoms with E-state index in [1.807, 2.05) is 30.1 Å². The standard InChI is InChI=1S/C17H25N3O2S/c1-14-12-19-20(13-14)16(3)15(2)18-10-7-11-23(21,22)17-8-5-4-6-9-17/h4-6,8-9,12-13,15-16,18H,7,10-11H2,1-3H3/t15-,16+/m0/s1. The zero-order valence-electron chi connectivity index (χ0n) is 13.9. The fourth-order valence-electron chi connectivity index (χ4n) is 2.39. The van der Waals surface area contributed by atoms with E-state index in [4.69, 9.17) is 0 Å². The van der Waals surface area contributed by atoms with Crippen LogP contribution in [0.15, 0.2) is 47.6 Å². The van der Waals surface area contributed by atoms with Crippen molar-refractivity contribution in [3.05, 3.63) is 48.3 Å². The fourth-order valence-corrected chi connectivity index (χ4v) is 3.72. The summed E-state index contributed by atoms with van der Waals surface area (Å²) in [5, 5.41) is 7.71. The summed E-state index contributed by atoms with van der Waals surface area (Å²) < 4.78 is 26.3. The van der Waals surface area contributed by atoms with Gasteiger partial charge in [-0.1, -0.05) is 18.2 Å². The van der Waals surface area contributed by atoms with Gasteiger partial charge in [-0.25, -0.2) is 8.42 Å². The Labute approximate surface area is 138 Å². The molecule has 5 nitrogen and oxygen atoms in total. The van der Waals surface area contributed by atoms with Gasteiger partial charge in [0.15, 0.2) is 9.84 Å². The molecule has 6 heteroatoms. The molecule has 1 heterocycles. The molecule has 0 aliphatic carbocycles. The molecular weight excluding hydrogens is 310 g/mol. The minimum absolute atomic E-state index is 0.159. The summed E-state index contributed by atoms with van der Waals surface area (Å²) in [7, 11) is -3.18. The normalized spacial score (nSPS) is 14.6. The van der Waals surface area contributed by atoms with Gasteiger partial charge in [-0.2, -0.15) is 5.10 Å². The minimum Gasteiger partial charge on any atom is -0.312 e. The molecule has 1 aromatic heterocycles. The zero-order valence-corrected chi connectivity index (χ0v) is 14.8. The van der Waals surface area contributed by atoms with Crippen LogP contribution in [-0.2, 0) is 9.84 Å². The third kappa shape index (κ3) is 4.91. The molecule has 1 N–H and O–H groups in total. The Morgan fingerprint density at radius 3 is 2.52 bits per heavy atom. The molecular formula is C17H25N3O2S. The van der Waals surface area contributed by atoms with Gasteiger partial charge >= 0.3 is 0 Å². The van der Waals surface area contributed by atoms with Gasteiger partial charge in [-0.3, -0.25) is 4.68 Å². The number of benzene rings is 1. The number of rotatable bonds is 8. The largest absolute Gasteiger partial charge is 0.312 e. The van der Waals surface area contributed by atoms with Crippen molar-refractivity contribution in [2.24, 2.45) is 0 Å². The highest BCUT2D eigenvalue weighted by Gasteiger charge is 2.16. The predicted molar refractivity (Wildman–Crippen MR) is 92.3 cm³/mol. The summed E-state index contributed by atoms with van der Waals surface area (Å²) in [6, 6.07) is 9.05. The first kappa shape index (κ1) is 17.7. The van der Waals surface area contributed by atoms with Crippen molar-refractivity contribution in [3.63, 3.8) is 0 Å². The number of hydrogen-bond acceptors (Lipinski definition) is 4. The molecule has 2 aromatic rings. The number of aryl methyl sites for hydroxylation is 1. The molecule has 0 spiro atoms. The third-order valence-corrected chi connectivity index (χ3v) is 5.85. The van der Waals surface area contributed by atoms with Gasteiger partial charge in [0, 0.05) is 12.2 Å². The number of nitrogens with one attached hydrogen (secondary N) is 1. The number of hydrogen-bond donors (Lipinski definition) is 1. The van der Waals surface area contributed by atoms with Gasteiger partial charge in [0.25, 0.3) is 0 Å². The first-order valence-corrected chi connectivity index (χ1v) is 9.57. The van der Waals surface area contributed by atoms with Gasteiger partial charge < -0.3 is 5.32 Å². The second-order valence-corrected chi connectivity index (χ2v) is 8.08. The second kappa shape index (κ2) is 7.75. The van der Waals surface area contributed by atoms with Gasteiger partial charge in [0.05, 0.1) is 22.9 Å². The average Bonchev–Trinajstić information content (AvgIpc) is 2.98. The van der Waals surface area contributed by atoms with Crippen LogP contribution in [0.4, 0.5) is 0 Å². The van der Waals surface area contributed by atoms with Crippen LogP contribution in [0.5, 0.6) is 0 Å². The molecule has 23 heavy (non-hydrogen) atoms. The van der Waals surface area contributed by atoms with E-state index < -0.39 is 9.84 Å². The predicted octanol–water partition coefficient (Wildman–Crippen LogP) is 2.59. The zero-order chi connectivity index (χ0) is 16.9. The van der Waals surface area contributed by atoms with Crippen LogP contribution in [0.1, 0.15) is 31.9 Å². The number of nitrogens with zero attached hydrogens (tertiary/aromatic N) is 2. The van der Waals surface area contributed by atoms with Crippen molar-refractivity contribution in [3.8, 4) is 0 Å². The Kier molecular flexibility index (Phi) is 5.96. The Balaban J connectivity index is 1.79. The lowest BCUT2D eigenvalue weighted by Gasteiger charge is -2.21. The Bertz CT molecular complexity index is 710. The summed E-state index contributed by atoms with van der Waals surface area (Å²) in [5.74, 6) is 0.159. The smallest absolute Gasteiger partial charge is 0.178 e. The van der Waals surface area contributed by atoms with Crippen LogP contribution in [0, 0.1) is 6.92 Å². The SMILES string of the molecule is Cc1cnn([C@H](C)[C@H](C)NCCCS(=O)(=O)c2ccccc2)c1. The topological polar surface area (TPSA) is 64.0 Å². The van der Waals surface area contributed by atoms with Crippen LogP contribution in [0.25, 0.3) is 0 Å². The quantitative estimate of drug-likeness (QED) is 0.753. The van der Waals surface area contributed by atoms with Crippen molar-refractivity contribution >= 4 is 9.84 Å². The molecule has 0 saturated heterocycles. The fraction of sp³-hybridized carbons (Fsp3) is 0.471. The maximum atomic E-state index is 12.2. The Morgan fingerprint density at radius 2 is 1.91 bits per heavy atom. The highest BCUT2D eigenvalue weighted by Crippen LogP contribution is 2.12. The van der Waals surface area contributed by atoms with Gasteiger partial charge in [0.1, 0.15) is 0 Å². The molecule has 126 valence electrons. The maximum absolute atomic E-state index is 12.2. The first-order chi connectivity index (χ1) is 10.9. The summed E-state index contributed by atoms with van der Waals surface area (Å²) in [6.45, 7) is 6.87. The molecule has 0 bridgehead atoms. The van der Waals surface area contributed by atoms with Crippen molar-refractivity contribution in [1.29, 1.82) is 0 Å². The van der Waals surface area contributed by atoms with Gasteiger partial charge in [-0.15, -0.1) is 0 Å². The lowest BCUT2D eigenvalue weighted by molar-refractivity contribution is 0.367. The average molecular weight is 335 g/mol. The minimum atomic E-state index is -3.18. The second-order valence-electron chi connectivity index (χ2n) is 5.97. The molecule has 0 fully saturated rings. The van der Waals surface area contributed by atoms with Crippen molar-refractivity contribution in [2.75, 3.05) is 12.3 Å². The van der Waals surface area contributed by atoms with Crippen LogP contribution in [0.3, 0.4) is 0 Å². The lowest BCUT2D eigenvalue weighted by Crippen LogP contribution is -2.35. The van der Waals surface area contributed by atoms with E-state index in [1.54, 1.807) is 24.3 Å². The van der Waals surface area contributed by atoms with E-state index in [0.29, 0.717) is 17.9 Å². The summed E-state index contributed by atoms with van der Waals surface area (Å²) in [5.41, 5.74) is 1.14. The van der Waals surface area contributed by atoms with Crippen molar-refractivity contribution in [1.82, 2.24) is 15.1 Å². The summed E-state index contributed by atoms with van der Waals surface area (Å²) >= 11 is 0. The molecule has 0 unspecified atom stereocenters. The highest BCUT2D eigenvalue weighted by atomic mass is 32.2. The van der Waals surface area contributed by atoms with Gasteiger partial charge in [-0.05, 0) is 51.4 Å². The maximum Gasteiger partial charge on any atom is 0.178 e. The van der Waals surface area contributed by atoms with Gasteiger partial charge in [0.2, 0.25) is 0 Å². The Morgan fingerprint density at radius 1 is 1.22 bits per heavy atom. The molecule has 2 rings (SSSR count). The summed E-state index contributed by atoms with van der Waals surface area (Å²) in [4.78, 5) is 0.397. The number of sulfone groups is 1. The van der Waals surface area contributed by atoms with Crippen molar-refractivity contribution < 1.29 is 8.42 Å². The van der Waals surface area contributed by atoms with E-state index in [-0.39, 0.29) is 17.8 Å². The molecule has 2 atom stereocenters. The lowest BCUT2D eigenvalue weighted by atomic mass is 10.1. The first-order valence-electron chi connectivity index (χ1n) is 7.92. The molecule has 1 aromatic carbocycles. The van der Waals surface area contributed by atoms with E-state index >= 15 is 0 Å². The third-order valence-electron chi connectivity index (χ3n) is 4.03. The molecule has 0 amide bonds. The summed E-state index contributed by atoms with van der Waals surface area (Å²) in [6.07, 6.45) is 4.45. The molecule has 0 radical (unpaired) electrons. The molecule has 0 saturated carbocycles. The monoisotopic (exact) mass is 335 g/mol. The van der Waals surface area contributed by atoms with E-state index in [2.05, 4.69) is 24.3 Å². The Hall–Kier alpha value is -1.66. The number of aromatic nitrogens is 2. The van der Waals surface area contributed by atoms with Crippen LogP contribution in [0.2, 0.25) is 0 Å². The van der Waals surface area contributed by atoms with Crippen LogP contribution in [-0.4, -0.2) is 36.5 Å². The van der Waals surface area contributed by atoms with E-state index in [9.17, 15) is 8.42 Å².